The predicted octanol–water partition coefficient (Wildman–Crippen LogP) is 1.82. The van der Waals surface area contributed by atoms with E-state index < -0.39 is 0 Å². The molecule has 1 saturated heterocycles. The van der Waals surface area contributed by atoms with Crippen molar-refractivity contribution >= 4 is 0 Å². The van der Waals surface area contributed by atoms with E-state index in [0.29, 0.717) is 5.92 Å². The molecule has 1 saturated carbocycles. The summed E-state index contributed by atoms with van der Waals surface area (Å²) < 4.78 is 11.2. The minimum absolute atomic E-state index is 0.0925. The Morgan fingerprint density at radius 1 is 1.08 bits per heavy atom. The zero-order valence-corrected chi connectivity index (χ0v) is 7.98. The van der Waals surface area contributed by atoms with E-state index >= 15 is 0 Å². The van der Waals surface area contributed by atoms with Gasteiger partial charge in [-0.3, -0.25) is 0 Å². The number of hydrogen-bond acceptors (Lipinski definition) is 2. The first-order valence-corrected chi connectivity index (χ1v) is 5.28. The Labute approximate surface area is 78.9 Å². The maximum atomic E-state index is 5.60. The Morgan fingerprint density at radius 2 is 1.77 bits per heavy atom. The summed E-state index contributed by atoms with van der Waals surface area (Å²) in [7, 11) is 0. The van der Waals surface area contributed by atoms with Gasteiger partial charge in [0.2, 0.25) is 0 Å². The van der Waals surface area contributed by atoms with E-state index in [9.17, 15) is 0 Å². The van der Waals surface area contributed by atoms with E-state index in [1.807, 2.05) is 0 Å². The summed E-state index contributed by atoms with van der Waals surface area (Å²) in [6, 6.07) is 0. The van der Waals surface area contributed by atoms with Gasteiger partial charge in [0, 0.05) is 5.92 Å². The highest BCUT2D eigenvalue weighted by atomic mass is 16.7. The van der Waals surface area contributed by atoms with Crippen molar-refractivity contribution in [1.82, 2.24) is 0 Å². The summed E-state index contributed by atoms with van der Waals surface area (Å²) in [5.41, 5.74) is 0. The summed E-state index contributed by atoms with van der Waals surface area (Å²) in [5, 5.41) is 0. The maximum Gasteiger partial charge on any atom is 0.161 e. The Hall–Kier alpha value is -0.340. The van der Waals surface area contributed by atoms with Gasteiger partial charge in [-0.2, -0.15) is 0 Å². The van der Waals surface area contributed by atoms with Crippen molar-refractivity contribution in [2.45, 2.75) is 19.6 Å². The van der Waals surface area contributed by atoms with Gasteiger partial charge in [0.05, 0.1) is 13.2 Å². The molecule has 2 heteroatoms. The molecule has 0 N–H and O–H groups in total. The topological polar surface area (TPSA) is 18.5 Å². The molecule has 0 amide bonds. The lowest BCUT2D eigenvalue weighted by Crippen LogP contribution is -2.30. The quantitative estimate of drug-likeness (QED) is 0.573. The van der Waals surface area contributed by atoms with Gasteiger partial charge in [-0.1, -0.05) is 19.1 Å². The van der Waals surface area contributed by atoms with Crippen LogP contribution in [-0.4, -0.2) is 19.5 Å². The van der Waals surface area contributed by atoms with Crippen molar-refractivity contribution in [1.29, 1.82) is 0 Å². The minimum Gasteiger partial charge on any atom is -0.350 e. The average Bonchev–Trinajstić information content (AvgIpc) is 2.76. The summed E-state index contributed by atoms with van der Waals surface area (Å²) in [6.07, 6.45) is 6.16. The second kappa shape index (κ2) is 2.82. The Bertz CT molecular complexity index is 230. The maximum absolute atomic E-state index is 5.60. The molecule has 0 radical (unpaired) electrons. The lowest BCUT2D eigenvalue weighted by molar-refractivity contribution is -0.102. The van der Waals surface area contributed by atoms with Crippen LogP contribution < -0.4 is 0 Å². The molecule has 2 nitrogen and oxygen atoms in total. The SMILES string of the molecule is CC1C2C=CC(C2)C1C1OCCO1. The first-order chi connectivity index (χ1) is 6.36. The van der Waals surface area contributed by atoms with Crippen molar-refractivity contribution in [3.05, 3.63) is 12.2 Å². The zero-order chi connectivity index (χ0) is 8.84. The first kappa shape index (κ1) is 8.01. The van der Waals surface area contributed by atoms with Gasteiger partial charge in [-0.25, -0.2) is 0 Å². The van der Waals surface area contributed by atoms with Gasteiger partial charge in [-0.05, 0) is 24.2 Å². The Kier molecular flexibility index (Phi) is 1.74. The van der Waals surface area contributed by atoms with E-state index in [0.717, 1.165) is 31.0 Å². The predicted molar refractivity (Wildman–Crippen MR) is 49.1 cm³/mol. The molecule has 13 heavy (non-hydrogen) atoms. The number of fused-ring (bicyclic) bond motifs is 2. The Morgan fingerprint density at radius 3 is 2.38 bits per heavy atom. The normalized spacial score (nSPS) is 49.3. The van der Waals surface area contributed by atoms with Crippen molar-refractivity contribution in [3.8, 4) is 0 Å². The lowest BCUT2D eigenvalue weighted by atomic mass is 9.84. The smallest absolute Gasteiger partial charge is 0.161 e. The summed E-state index contributed by atoms with van der Waals surface area (Å²) in [5.74, 6) is 2.89. The van der Waals surface area contributed by atoms with Gasteiger partial charge in [0.1, 0.15) is 0 Å². The standard InChI is InChI=1S/C11H16O2/c1-7-8-2-3-9(6-8)10(7)11-12-4-5-13-11/h2-3,7-11H,4-6H2,1H3. The van der Waals surface area contributed by atoms with Gasteiger partial charge >= 0.3 is 0 Å². The van der Waals surface area contributed by atoms with Gasteiger partial charge in [0.25, 0.3) is 0 Å². The highest BCUT2D eigenvalue weighted by molar-refractivity contribution is 5.13. The molecule has 0 aromatic heterocycles. The fraction of sp³-hybridized carbons (Fsp3) is 0.818. The number of allylic oxidation sites excluding steroid dienone is 2. The zero-order valence-electron chi connectivity index (χ0n) is 7.98. The molecule has 1 heterocycles. The fourth-order valence-corrected chi connectivity index (χ4v) is 3.16. The van der Waals surface area contributed by atoms with E-state index in [4.69, 9.17) is 9.47 Å². The molecule has 1 aliphatic heterocycles. The van der Waals surface area contributed by atoms with Crippen LogP contribution in [0.2, 0.25) is 0 Å². The lowest BCUT2D eigenvalue weighted by Gasteiger charge is -2.28. The van der Waals surface area contributed by atoms with Gasteiger partial charge in [-0.15, -0.1) is 0 Å². The van der Waals surface area contributed by atoms with E-state index in [1.54, 1.807) is 0 Å². The molecule has 0 aromatic carbocycles. The number of hydrogen-bond donors (Lipinski definition) is 0. The monoisotopic (exact) mass is 180 g/mol. The molecule has 2 fully saturated rings. The Balaban J connectivity index is 1.80. The van der Waals surface area contributed by atoms with Crippen LogP contribution in [0.3, 0.4) is 0 Å². The van der Waals surface area contributed by atoms with E-state index in [1.165, 1.54) is 6.42 Å². The average molecular weight is 180 g/mol. The van der Waals surface area contributed by atoms with Crippen molar-refractivity contribution in [2.75, 3.05) is 13.2 Å². The van der Waals surface area contributed by atoms with Crippen LogP contribution in [0.1, 0.15) is 13.3 Å². The first-order valence-electron chi connectivity index (χ1n) is 5.28. The third-order valence-electron chi connectivity index (χ3n) is 3.89. The van der Waals surface area contributed by atoms with Crippen LogP contribution >= 0.6 is 0 Å². The minimum atomic E-state index is 0.0925. The fourth-order valence-electron chi connectivity index (χ4n) is 3.16. The molecule has 3 aliphatic rings. The molecular weight excluding hydrogens is 164 g/mol. The van der Waals surface area contributed by atoms with Gasteiger partial charge < -0.3 is 9.47 Å². The van der Waals surface area contributed by atoms with Crippen LogP contribution in [0, 0.1) is 23.7 Å². The molecule has 2 bridgehead atoms. The molecule has 0 aromatic rings. The second-order valence-corrected chi connectivity index (χ2v) is 4.49. The molecular formula is C11H16O2. The van der Waals surface area contributed by atoms with Crippen molar-refractivity contribution in [3.63, 3.8) is 0 Å². The molecule has 3 rings (SSSR count). The van der Waals surface area contributed by atoms with Crippen LogP contribution in [0.15, 0.2) is 12.2 Å². The molecule has 4 unspecified atom stereocenters. The van der Waals surface area contributed by atoms with E-state index in [2.05, 4.69) is 19.1 Å². The third kappa shape index (κ3) is 1.09. The van der Waals surface area contributed by atoms with Crippen LogP contribution in [0.25, 0.3) is 0 Å². The highest BCUT2D eigenvalue weighted by Gasteiger charge is 2.47. The van der Waals surface area contributed by atoms with Crippen LogP contribution in [0.4, 0.5) is 0 Å². The third-order valence-corrected chi connectivity index (χ3v) is 3.89. The number of ether oxygens (including phenoxy) is 2. The molecule has 4 atom stereocenters. The van der Waals surface area contributed by atoms with Crippen LogP contribution in [-0.2, 0) is 9.47 Å². The molecule has 2 aliphatic carbocycles. The second-order valence-electron chi connectivity index (χ2n) is 4.49. The number of rotatable bonds is 1. The van der Waals surface area contributed by atoms with Crippen molar-refractivity contribution < 1.29 is 9.47 Å². The summed E-state index contributed by atoms with van der Waals surface area (Å²) in [6.45, 7) is 3.91. The van der Waals surface area contributed by atoms with E-state index in [-0.39, 0.29) is 6.29 Å². The highest BCUT2D eigenvalue weighted by Crippen LogP contribution is 2.50. The molecule has 72 valence electrons. The van der Waals surface area contributed by atoms with Crippen LogP contribution in [0.5, 0.6) is 0 Å². The largest absolute Gasteiger partial charge is 0.350 e. The van der Waals surface area contributed by atoms with Gasteiger partial charge in [0.15, 0.2) is 6.29 Å². The van der Waals surface area contributed by atoms with Crippen molar-refractivity contribution in [2.24, 2.45) is 23.7 Å². The summed E-state index contributed by atoms with van der Waals surface area (Å²) >= 11 is 0. The molecule has 0 spiro atoms. The summed E-state index contributed by atoms with van der Waals surface area (Å²) in [4.78, 5) is 0.